The van der Waals surface area contributed by atoms with Crippen LogP contribution in [0.3, 0.4) is 0 Å². The number of hydrogen-bond donors (Lipinski definition) is 1. The summed E-state index contributed by atoms with van der Waals surface area (Å²) < 4.78 is 10.9. The minimum absolute atomic E-state index is 0.171. The second-order valence-electron chi connectivity index (χ2n) is 4.61. The fourth-order valence-corrected chi connectivity index (χ4v) is 2.30. The molecule has 3 nitrogen and oxygen atoms in total. The number of benzene rings is 1. The minimum Gasteiger partial charge on any atom is -0.496 e. The van der Waals surface area contributed by atoms with Gasteiger partial charge in [-0.15, -0.1) is 0 Å². The minimum atomic E-state index is 0.171. The highest BCUT2D eigenvalue weighted by Gasteiger charge is 2.18. The quantitative estimate of drug-likeness (QED) is 0.848. The summed E-state index contributed by atoms with van der Waals surface area (Å²) >= 11 is 0. The second kappa shape index (κ2) is 6.43. The van der Waals surface area contributed by atoms with Crippen molar-refractivity contribution in [3.05, 3.63) is 54.0 Å². The van der Waals surface area contributed by atoms with Crippen LogP contribution in [0.5, 0.6) is 5.75 Å². The Hall–Kier alpha value is -1.74. The Kier molecular flexibility index (Phi) is 4.63. The largest absolute Gasteiger partial charge is 0.496 e. The van der Waals surface area contributed by atoms with Crippen LogP contribution in [-0.4, -0.2) is 7.11 Å². The average molecular weight is 259 g/mol. The predicted molar refractivity (Wildman–Crippen MR) is 76.3 cm³/mol. The number of nitrogens with one attached hydrogen (secondary N) is 1. The number of methoxy groups -OCH3 is 1. The molecule has 0 fully saturated rings. The molecule has 2 rings (SSSR count). The molecular weight excluding hydrogens is 238 g/mol. The van der Waals surface area contributed by atoms with E-state index < -0.39 is 0 Å². The monoisotopic (exact) mass is 259 g/mol. The fraction of sp³-hybridized carbons (Fsp3) is 0.375. The van der Waals surface area contributed by atoms with E-state index in [-0.39, 0.29) is 12.1 Å². The summed E-state index contributed by atoms with van der Waals surface area (Å²) in [5, 5.41) is 3.59. The molecule has 1 unspecified atom stereocenters. The molecule has 0 amide bonds. The van der Waals surface area contributed by atoms with Crippen LogP contribution < -0.4 is 10.1 Å². The Labute approximate surface area is 114 Å². The van der Waals surface area contributed by atoms with Crippen molar-refractivity contribution in [3.8, 4) is 5.75 Å². The number of furan rings is 1. The Morgan fingerprint density at radius 3 is 2.63 bits per heavy atom. The van der Waals surface area contributed by atoms with Crippen LogP contribution in [0.4, 0.5) is 0 Å². The normalized spacial score (nSPS) is 14.1. The molecule has 1 heterocycles. The third-order valence-corrected chi connectivity index (χ3v) is 3.34. The van der Waals surface area contributed by atoms with E-state index in [1.54, 1.807) is 13.4 Å². The lowest BCUT2D eigenvalue weighted by Crippen LogP contribution is -2.24. The molecule has 19 heavy (non-hydrogen) atoms. The lowest BCUT2D eigenvalue weighted by molar-refractivity contribution is 0.367. The average Bonchev–Trinajstić information content (AvgIpc) is 2.98. The fourth-order valence-electron chi connectivity index (χ4n) is 2.30. The maximum Gasteiger partial charge on any atom is 0.123 e. The SMILES string of the molecule is CCC(N[C@@H](C)c1ccco1)c1ccccc1OC. The maximum absolute atomic E-state index is 5.44. The van der Waals surface area contributed by atoms with Gasteiger partial charge in [-0.05, 0) is 31.5 Å². The zero-order valence-corrected chi connectivity index (χ0v) is 11.7. The van der Waals surface area contributed by atoms with Crippen LogP contribution in [0.2, 0.25) is 0 Å². The van der Waals surface area contributed by atoms with Gasteiger partial charge >= 0.3 is 0 Å². The molecular formula is C16H21NO2. The van der Waals surface area contributed by atoms with Crippen molar-refractivity contribution in [2.45, 2.75) is 32.4 Å². The van der Waals surface area contributed by atoms with E-state index in [1.165, 1.54) is 5.56 Å². The first-order valence-corrected chi connectivity index (χ1v) is 6.68. The summed E-state index contributed by atoms with van der Waals surface area (Å²) in [6, 6.07) is 12.5. The molecule has 3 heteroatoms. The van der Waals surface area contributed by atoms with Crippen LogP contribution in [0.15, 0.2) is 47.1 Å². The van der Waals surface area contributed by atoms with Gasteiger partial charge in [-0.1, -0.05) is 25.1 Å². The highest BCUT2D eigenvalue weighted by molar-refractivity contribution is 5.36. The third kappa shape index (κ3) is 3.18. The Morgan fingerprint density at radius 2 is 2.00 bits per heavy atom. The number of ether oxygens (including phenoxy) is 1. The molecule has 0 saturated heterocycles. The summed E-state index contributed by atoms with van der Waals surface area (Å²) in [6.07, 6.45) is 2.70. The molecule has 102 valence electrons. The van der Waals surface area contributed by atoms with E-state index >= 15 is 0 Å². The summed E-state index contributed by atoms with van der Waals surface area (Å²) in [5.74, 6) is 1.88. The van der Waals surface area contributed by atoms with E-state index in [9.17, 15) is 0 Å². The summed E-state index contributed by atoms with van der Waals surface area (Å²) in [7, 11) is 1.71. The lowest BCUT2D eigenvalue weighted by atomic mass is 10.0. The summed E-state index contributed by atoms with van der Waals surface area (Å²) in [4.78, 5) is 0. The van der Waals surface area contributed by atoms with Crippen molar-refractivity contribution >= 4 is 0 Å². The van der Waals surface area contributed by atoms with Crippen molar-refractivity contribution in [1.29, 1.82) is 0 Å². The smallest absolute Gasteiger partial charge is 0.123 e. The molecule has 0 aliphatic carbocycles. The lowest BCUT2D eigenvalue weighted by Gasteiger charge is -2.23. The van der Waals surface area contributed by atoms with E-state index in [0.717, 1.165) is 17.9 Å². The van der Waals surface area contributed by atoms with Gasteiger partial charge in [0.2, 0.25) is 0 Å². The first kappa shape index (κ1) is 13.7. The number of hydrogen-bond acceptors (Lipinski definition) is 3. The van der Waals surface area contributed by atoms with Gasteiger partial charge < -0.3 is 14.5 Å². The van der Waals surface area contributed by atoms with E-state index in [2.05, 4.69) is 25.2 Å². The van der Waals surface area contributed by atoms with Gasteiger partial charge in [0.1, 0.15) is 11.5 Å². The second-order valence-corrected chi connectivity index (χ2v) is 4.61. The van der Waals surface area contributed by atoms with Gasteiger partial charge in [-0.2, -0.15) is 0 Å². The van der Waals surface area contributed by atoms with Gasteiger partial charge in [0, 0.05) is 11.6 Å². The van der Waals surface area contributed by atoms with Crippen molar-refractivity contribution in [1.82, 2.24) is 5.32 Å². The third-order valence-electron chi connectivity index (χ3n) is 3.34. The molecule has 2 atom stereocenters. The van der Waals surface area contributed by atoms with Crippen molar-refractivity contribution < 1.29 is 9.15 Å². The van der Waals surface area contributed by atoms with Crippen LogP contribution in [-0.2, 0) is 0 Å². The van der Waals surface area contributed by atoms with Crippen LogP contribution in [0.25, 0.3) is 0 Å². The van der Waals surface area contributed by atoms with E-state index in [0.29, 0.717) is 0 Å². The molecule has 0 radical (unpaired) electrons. The van der Waals surface area contributed by atoms with Crippen LogP contribution >= 0.6 is 0 Å². The van der Waals surface area contributed by atoms with Crippen molar-refractivity contribution in [3.63, 3.8) is 0 Å². The molecule has 0 aliphatic rings. The zero-order chi connectivity index (χ0) is 13.7. The molecule has 0 bridgehead atoms. The highest BCUT2D eigenvalue weighted by Crippen LogP contribution is 2.29. The van der Waals surface area contributed by atoms with Crippen LogP contribution in [0.1, 0.15) is 43.7 Å². The van der Waals surface area contributed by atoms with E-state index in [4.69, 9.17) is 9.15 Å². The molecule has 1 aromatic carbocycles. The molecule has 1 aromatic heterocycles. The van der Waals surface area contributed by atoms with Crippen LogP contribution in [0, 0.1) is 0 Å². The Morgan fingerprint density at radius 1 is 1.21 bits per heavy atom. The van der Waals surface area contributed by atoms with Crippen molar-refractivity contribution in [2.24, 2.45) is 0 Å². The number of rotatable bonds is 6. The molecule has 1 N–H and O–H groups in total. The summed E-state index contributed by atoms with van der Waals surface area (Å²) in [5.41, 5.74) is 1.19. The Bertz CT molecular complexity index is 493. The molecule has 0 spiro atoms. The molecule has 0 saturated carbocycles. The number of para-hydroxylation sites is 1. The highest BCUT2D eigenvalue weighted by atomic mass is 16.5. The standard InChI is InChI=1S/C16H21NO2/c1-4-14(13-8-5-6-9-16(13)18-3)17-12(2)15-10-7-11-19-15/h5-12,14,17H,4H2,1-3H3/t12-,14?/m0/s1. The molecule has 2 aromatic rings. The van der Waals surface area contributed by atoms with E-state index in [1.807, 2.05) is 30.3 Å². The topological polar surface area (TPSA) is 34.4 Å². The van der Waals surface area contributed by atoms with Gasteiger partial charge in [0.15, 0.2) is 0 Å². The van der Waals surface area contributed by atoms with Gasteiger partial charge in [0.05, 0.1) is 19.4 Å². The maximum atomic E-state index is 5.44. The molecule has 0 aliphatic heterocycles. The van der Waals surface area contributed by atoms with Gasteiger partial charge in [-0.3, -0.25) is 0 Å². The van der Waals surface area contributed by atoms with Gasteiger partial charge in [-0.25, -0.2) is 0 Å². The first-order valence-electron chi connectivity index (χ1n) is 6.68. The van der Waals surface area contributed by atoms with Crippen molar-refractivity contribution in [2.75, 3.05) is 7.11 Å². The predicted octanol–water partition coefficient (Wildman–Crippen LogP) is 4.09. The zero-order valence-electron chi connectivity index (χ0n) is 11.7. The first-order chi connectivity index (χ1) is 9.26. The Balaban J connectivity index is 2.16. The summed E-state index contributed by atoms with van der Waals surface area (Å²) in [6.45, 7) is 4.27. The van der Waals surface area contributed by atoms with Gasteiger partial charge in [0.25, 0.3) is 0 Å².